The Morgan fingerprint density at radius 2 is 1.80 bits per heavy atom. The molecule has 0 amide bonds. The Hall–Kier alpha value is -2.39. The van der Waals surface area contributed by atoms with Crippen LogP contribution >= 0.6 is 55.1 Å². The Morgan fingerprint density at radius 1 is 1.03 bits per heavy atom. The van der Waals surface area contributed by atoms with Gasteiger partial charge in [0.2, 0.25) is 0 Å². The average Bonchev–Trinajstić information content (AvgIpc) is 2.82. The number of hydrogen-bond acceptors (Lipinski definition) is 5. The maximum absolute atomic E-state index is 13.0. The zero-order chi connectivity index (χ0) is 25.1. The van der Waals surface area contributed by atoms with Crippen molar-refractivity contribution in [3.63, 3.8) is 0 Å². The molecule has 1 heterocycles. The first-order valence-electron chi connectivity index (χ1n) is 10.5. The lowest BCUT2D eigenvalue weighted by molar-refractivity contribution is 0.269. The first kappa shape index (κ1) is 25.7. The molecule has 4 rings (SSSR count). The molecule has 6 nitrogen and oxygen atoms in total. The minimum atomic E-state index is -0.257. The topological polar surface area (TPSA) is 65.7 Å². The third-order valence-electron chi connectivity index (χ3n) is 5.02. The SMILES string of the molecule is CCOc1cc(C=Nn2c(C)nc3ccc(Br)cc3c2=O)c(Br)cc1OCc1ccc(Cl)c(Cl)c1. The smallest absolute Gasteiger partial charge is 0.282 e. The first-order chi connectivity index (χ1) is 16.8. The predicted octanol–water partition coefficient (Wildman–Crippen LogP) is 7.40. The van der Waals surface area contributed by atoms with E-state index in [-0.39, 0.29) is 12.2 Å². The van der Waals surface area contributed by atoms with Gasteiger partial charge >= 0.3 is 0 Å². The predicted molar refractivity (Wildman–Crippen MR) is 148 cm³/mol. The van der Waals surface area contributed by atoms with Crippen LogP contribution in [0.25, 0.3) is 10.9 Å². The minimum absolute atomic E-state index is 0.257. The van der Waals surface area contributed by atoms with Gasteiger partial charge in [0.15, 0.2) is 11.5 Å². The van der Waals surface area contributed by atoms with Gasteiger partial charge < -0.3 is 9.47 Å². The van der Waals surface area contributed by atoms with Gasteiger partial charge in [0, 0.05) is 14.5 Å². The second kappa shape index (κ2) is 11.1. The zero-order valence-corrected chi connectivity index (χ0v) is 23.4. The number of hydrogen-bond donors (Lipinski definition) is 0. The van der Waals surface area contributed by atoms with E-state index in [1.54, 1.807) is 49.5 Å². The van der Waals surface area contributed by atoms with Crippen LogP contribution in [0.1, 0.15) is 23.9 Å². The normalized spacial score (nSPS) is 11.4. The average molecular weight is 640 g/mol. The van der Waals surface area contributed by atoms with Gasteiger partial charge in [-0.05, 0) is 77.8 Å². The highest BCUT2D eigenvalue weighted by Gasteiger charge is 2.12. The second-order valence-corrected chi connectivity index (χ2v) is 10.1. The molecular weight excluding hydrogens is 621 g/mol. The van der Waals surface area contributed by atoms with Gasteiger partial charge in [0.25, 0.3) is 5.56 Å². The van der Waals surface area contributed by atoms with Gasteiger partial charge in [0.1, 0.15) is 12.4 Å². The van der Waals surface area contributed by atoms with Crippen LogP contribution in [0.15, 0.2) is 67.4 Å². The summed E-state index contributed by atoms with van der Waals surface area (Å²) in [5.74, 6) is 1.57. The van der Waals surface area contributed by atoms with Crippen LogP contribution in [-0.4, -0.2) is 22.5 Å². The lowest BCUT2D eigenvalue weighted by atomic mass is 10.2. The lowest BCUT2D eigenvalue weighted by Gasteiger charge is -2.14. The molecule has 0 aliphatic rings. The lowest BCUT2D eigenvalue weighted by Crippen LogP contribution is -2.20. The van der Waals surface area contributed by atoms with E-state index < -0.39 is 0 Å². The van der Waals surface area contributed by atoms with E-state index in [4.69, 9.17) is 32.7 Å². The van der Waals surface area contributed by atoms with E-state index in [2.05, 4.69) is 41.9 Å². The Bertz CT molecular complexity index is 1510. The summed E-state index contributed by atoms with van der Waals surface area (Å²) in [5.41, 5.74) is 1.93. The largest absolute Gasteiger partial charge is 0.490 e. The van der Waals surface area contributed by atoms with Gasteiger partial charge in [-0.25, -0.2) is 4.98 Å². The van der Waals surface area contributed by atoms with E-state index in [1.807, 2.05) is 19.1 Å². The maximum Gasteiger partial charge on any atom is 0.282 e. The van der Waals surface area contributed by atoms with Crippen molar-refractivity contribution >= 4 is 72.2 Å². The van der Waals surface area contributed by atoms with Gasteiger partial charge in [0.05, 0.1) is 33.8 Å². The molecule has 0 radical (unpaired) electrons. The van der Waals surface area contributed by atoms with Crippen molar-refractivity contribution in [1.29, 1.82) is 0 Å². The van der Waals surface area contributed by atoms with Crippen molar-refractivity contribution in [2.45, 2.75) is 20.5 Å². The van der Waals surface area contributed by atoms with Gasteiger partial charge in [-0.2, -0.15) is 9.78 Å². The summed E-state index contributed by atoms with van der Waals surface area (Å²) in [7, 11) is 0. The van der Waals surface area contributed by atoms with Crippen LogP contribution in [0.4, 0.5) is 0 Å². The molecule has 0 bridgehead atoms. The number of fused-ring (bicyclic) bond motifs is 1. The molecule has 35 heavy (non-hydrogen) atoms. The van der Waals surface area contributed by atoms with Crippen LogP contribution in [-0.2, 0) is 6.61 Å². The van der Waals surface area contributed by atoms with Crippen LogP contribution in [0.3, 0.4) is 0 Å². The highest BCUT2D eigenvalue weighted by atomic mass is 79.9. The quantitative estimate of drug-likeness (QED) is 0.198. The Labute approximate surface area is 228 Å². The van der Waals surface area contributed by atoms with Crippen molar-refractivity contribution in [2.75, 3.05) is 6.61 Å². The van der Waals surface area contributed by atoms with Gasteiger partial charge in [-0.15, -0.1) is 0 Å². The summed E-state index contributed by atoms with van der Waals surface area (Å²) in [6.45, 7) is 4.36. The molecule has 0 atom stereocenters. The summed E-state index contributed by atoms with van der Waals surface area (Å²) in [4.78, 5) is 17.5. The van der Waals surface area contributed by atoms with Crippen LogP contribution in [0.5, 0.6) is 11.5 Å². The van der Waals surface area contributed by atoms with Gasteiger partial charge in [-0.1, -0.05) is 45.2 Å². The number of halogens is 4. The van der Waals surface area contributed by atoms with Crippen LogP contribution in [0.2, 0.25) is 10.0 Å². The fourth-order valence-electron chi connectivity index (χ4n) is 3.34. The highest BCUT2D eigenvalue weighted by molar-refractivity contribution is 9.10. The molecule has 0 aliphatic carbocycles. The molecule has 0 saturated carbocycles. The molecule has 3 aromatic carbocycles. The summed E-state index contributed by atoms with van der Waals surface area (Å²) in [6, 6.07) is 14.3. The Balaban J connectivity index is 1.65. The molecular formula is C25H19Br2Cl2N3O3. The molecule has 0 unspecified atom stereocenters. The molecule has 180 valence electrons. The van der Waals surface area contributed by atoms with Crippen molar-refractivity contribution in [2.24, 2.45) is 5.10 Å². The number of ether oxygens (including phenoxy) is 2. The third-order valence-corrected chi connectivity index (χ3v) is 6.94. The molecule has 0 aliphatic heterocycles. The maximum atomic E-state index is 13.0. The van der Waals surface area contributed by atoms with Gasteiger partial charge in [-0.3, -0.25) is 4.79 Å². The summed E-state index contributed by atoms with van der Waals surface area (Å²) in [5, 5.41) is 5.83. The van der Waals surface area contributed by atoms with Crippen molar-refractivity contribution in [3.05, 3.63) is 94.8 Å². The molecule has 4 aromatic rings. The number of benzene rings is 3. The second-order valence-electron chi connectivity index (χ2n) is 7.47. The highest BCUT2D eigenvalue weighted by Crippen LogP contribution is 2.34. The van der Waals surface area contributed by atoms with E-state index in [9.17, 15) is 4.79 Å². The summed E-state index contributed by atoms with van der Waals surface area (Å²) < 4.78 is 14.6. The minimum Gasteiger partial charge on any atom is -0.490 e. The molecule has 1 aromatic heterocycles. The molecule has 0 spiro atoms. The monoisotopic (exact) mass is 637 g/mol. The molecule has 10 heteroatoms. The number of rotatable bonds is 7. The third kappa shape index (κ3) is 5.89. The van der Waals surface area contributed by atoms with Crippen LogP contribution < -0.4 is 15.0 Å². The summed E-state index contributed by atoms with van der Waals surface area (Å²) in [6.07, 6.45) is 1.58. The number of aryl methyl sites for hydroxylation is 1. The summed E-state index contributed by atoms with van der Waals surface area (Å²) >= 11 is 19.1. The van der Waals surface area contributed by atoms with E-state index in [0.29, 0.717) is 50.4 Å². The van der Waals surface area contributed by atoms with Crippen molar-refractivity contribution in [3.8, 4) is 11.5 Å². The first-order valence-corrected chi connectivity index (χ1v) is 12.9. The Morgan fingerprint density at radius 3 is 2.54 bits per heavy atom. The standard InChI is InChI=1S/C25H19Br2Cl2N3O3/c1-3-34-23-9-16(19(27)11-24(23)35-13-15-4-6-20(28)21(29)8-15)12-30-32-14(2)31-22-7-5-17(26)10-18(22)25(32)33/h4-12H,3,13H2,1-2H3. The van der Waals surface area contributed by atoms with E-state index in [0.717, 1.165) is 14.5 Å². The fourth-order valence-corrected chi connectivity index (χ4v) is 4.44. The number of aromatic nitrogens is 2. The van der Waals surface area contributed by atoms with Crippen molar-refractivity contribution < 1.29 is 9.47 Å². The van der Waals surface area contributed by atoms with E-state index >= 15 is 0 Å². The Kier molecular flexibility index (Phi) is 8.16. The molecule has 0 fully saturated rings. The molecule has 0 saturated heterocycles. The van der Waals surface area contributed by atoms with E-state index in [1.165, 1.54) is 4.68 Å². The zero-order valence-electron chi connectivity index (χ0n) is 18.7. The number of nitrogens with zero attached hydrogens (tertiary/aromatic N) is 3. The molecule has 0 N–H and O–H groups in total. The van der Waals surface area contributed by atoms with Crippen LogP contribution in [0, 0.1) is 6.92 Å². The fraction of sp³-hybridized carbons (Fsp3) is 0.160. The van der Waals surface area contributed by atoms with Crippen molar-refractivity contribution in [1.82, 2.24) is 9.66 Å².